The fraction of sp³-hybridized carbons (Fsp3) is 0.827. The topological polar surface area (TPSA) is 199 Å². The Morgan fingerprint density at radius 2 is 1.41 bits per heavy atom. The molecule has 0 radical (unpaired) electrons. The molecule has 0 amide bonds. The van der Waals surface area contributed by atoms with Crippen LogP contribution in [-0.4, -0.2) is 177 Å². The van der Waals surface area contributed by atoms with Gasteiger partial charge in [-0.3, -0.25) is 28.9 Å². The maximum Gasteiger partial charge on any atom is 0.308 e. The Labute approximate surface area is 423 Å². The van der Waals surface area contributed by atoms with E-state index >= 15 is 0 Å². The van der Waals surface area contributed by atoms with Gasteiger partial charge in [-0.2, -0.15) is 0 Å². The first-order valence-electron chi connectivity index (χ1n) is 25.8. The van der Waals surface area contributed by atoms with Gasteiger partial charge in [-0.15, -0.1) is 0 Å². The number of Topliss-reactive ketones (excluding diaryl/α,β-unsaturated/α-hetero) is 1. The molecule has 2 unspecified atom stereocenters. The number of methoxy groups -OCH3 is 2. The van der Waals surface area contributed by atoms with Crippen LogP contribution in [0.2, 0.25) is 18.1 Å². The van der Waals surface area contributed by atoms with Gasteiger partial charge in [0.15, 0.2) is 38.6 Å². The van der Waals surface area contributed by atoms with Crippen molar-refractivity contribution in [3.8, 4) is 0 Å². The van der Waals surface area contributed by atoms with Crippen LogP contribution in [0.5, 0.6) is 0 Å². The monoisotopic (exact) mass is 1030 g/mol. The summed E-state index contributed by atoms with van der Waals surface area (Å²) >= 11 is 0. The number of carbonyl (C=O) groups is 5. The van der Waals surface area contributed by atoms with E-state index in [1.807, 2.05) is 40.7 Å². The zero-order valence-electron chi connectivity index (χ0n) is 45.2. The summed E-state index contributed by atoms with van der Waals surface area (Å²) in [5.41, 5.74) is 0.748. The molecular weight excluding hydrogens is 939 g/mol. The van der Waals surface area contributed by atoms with Crippen LogP contribution < -0.4 is 0 Å². The van der Waals surface area contributed by atoms with Crippen LogP contribution in [0.15, 0.2) is 23.8 Å². The summed E-state index contributed by atoms with van der Waals surface area (Å²) in [4.78, 5) is 68.6. The van der Waals surface area contributed by atoms with Gasteiger partial charge in [0.1, 0.15) is 37.6 Å². The van der Waals surface area contributed by atoms with Crippen LogP contribution in [0, 0.1) is 23.7 Å². The predicted molar refractivity (Wildman–Crippen MR) is 265 cm³/mol. The number of allylic oxidation sites excluding steroid dienone is 3. The maximum absolute atomic E-state index is 14.4. The van der Waals surface area contributed by atoms with Crippen molar-refractivity contribution in [2.24, 2.45) is 23.7 Å². The Balaban J connectivity index is 1.74. The molecule has 4 heterocycles. The molecule has 3 fully saturated rings. The second-order valence-electron chi connectivity index (χ2n) is 20.1. The molecule has 4 aliphatic rings. The number of ether oxygens (including phenoxy) is 11. The molecule has 0 spiro atoms. The van der Waals surface area contributed by atoms with E-state index < -0.39 is 117 Å². The summed E-state index contributed by atoms with van der Waals surface area (Å²) in [6, 6.07) is 2.18. The number of hydrogen-bond donors (Lipinski definition) is 0. The van der Waals surface area contributed by atoms with Crippen LogP contribution in [0.4, 0.5) is 0 Å². The molecule has 19 heteroatoms. The minimum absolute atomic E-state index is 0.0517. The number of fused-ring (bicyclic) bond motifs is 3. The van der Waals surface area contributed by atoms with E-state index in [9.17, 15) is 24.0 Å². The molecule has 71 heavy (non-hydrogen) atoms. The summed E-state index contributed by atoms with van der Waals surface area (Å²) < 4.78 is 76.0. The van der Waals surface area contributed by atoms with Gasteiger partial charge in [-0.1, -0.05) is 59.3 Å². The molecular formula is C52H87NO17Si. The van der Waals surface area contributed by atoms with Crippen molar-refractivity contribution in [3.63, 3.8) is 0 Å². The summed E-state index contributed by atoms with van der Waals surface area (Å²) in [7, 11) is 4.72. The van der Waals surface area contributed by atoms with Gasteiger partial charge in [-0.25, -0.2) is 0 Å². The maximum atomic E-state index is 14.4. The lowest BCUT2D eigenvalue weighted by atomic mass is 9.79. The van der Waals surface area contributed by atoms with Gasteiger partial charge in [0.05, 0.1) is 49.6 Å². The zero-order chi connectivity index (χ0) is 52.7. The Kier molecular flexibility index (Phi) is 24.4. The van der Waals surface area contributed by atoms with E-state index in [1.54, 1.807) is 52.3 Å². The molecule has 0 aromatic carbocycles. The molecule has 18 nitrogen and oxygen atoms in total. The first-order valence-corrected chi connectivity index (χ1v) is 28.3. The highest BCUT2D eigenvalue weighted by Crippen LogP contribution is 2.38. The van der Waals surface area contributed by atoms with Gasteiger partial charge in [0.2, 0.25) is 0 Å². The van der Waals surface area contributed by atoms with E-state index in [4.69, 9.17) is 56.5 Å². The summed E-state index contributed by atoms with van der Waals surface area (Å²) in [5, 5.41) is 0. The molecule has 0 N–H and O–H groups in total. The van der Waals surface area contributed by atoms with Crippen molar-refractivity contribution in [1.82, 2.24) is 4.90 Å². The van der Waals surface area contributed by atoms with Crippen molar-refractivity contribution in [2.75, 3.05) is 54.7 Å². The van der Waals surface area contributed by atoms with Crippen molar-refractivity contribution < 1.29 is 80.5 Å². The van der Waals surface area contributed by atoms with Gasteiger partial charge in [0, 0.05) is 52.4 Å². The normalized spacial score (nSPS) is 37.6. The lowest BCUT2D eigenvalue weighted by Crippen LogP contribution is -2.65. The zero-order valence-corrected chi connectivity index (χ0v) is 46.2. The third-order valence-corrected chi connectivity index (χ3v) is 19.5. The summed E-state index contributed by atoms with van der Waals surface area (Å²) in [6.45, 7) is 20.0. The number of ketones is 2. The second-order valence-corrected chi connectivity index (χ2v) is 24.8. The number of cyclic esters (lactones) is 1. The number of carbonyl (C=O) groups excluding carboxylic acids is 5. The molecule has 4 rings (SSSR count). The quantitative estimate of drug-likeness (QED) is 0.0967. The first-order chi connectivity index (χ1) is 33.7. The van der Waals surface area contributed by atoms with E-state index in [2.05, 4.69) is 20.8 Å². The van der Waals surface area contributed by atoms with Gasteiger partial charge < -0.3 is 56.5 Å². The molecule has 0 aromatic heterocycles. The third-order valence-electron chi connectivity index (χ3n) is 14.9. The minimum Gasteiger partial charge on any atom is -0.462 e. The van der Waals surface area contributed by atoms with Crippen LogP contribution >= 0.6 is 0 Å². The predicted octanol–water partition coefficient (Wildman–Crippen LogP) is 6.16. The smallest absolute Gasteiger partial charge is 0.308 e. The molecule has 3 saturated heterocycles. The van der Waals surface area contributed by atoms with E-state index in [0.717, 1.165) is 23.7 Å². The van der Waals surface area contributed by atoms with Crippen LogP contribution in [0.1, 0.15) is 102 Å². The van der Waals surface area contributed by atoms with E-state index in [1.165, 1.54) is 13.8 Å². The van der Waals surface area contributed by atoms with E-state index in [-0.39, 0.29) is 56.6 Å². The molecule has 0 aromatic rings. The highest BCUT2D eigenvalue weighted by Gasteiger charge is 2.53. The Bertz CT molecular complexity index is 1780. The van der Waals surface area contributed by atoms with Gasteiger partial charge in [-0.05, 0) is 84.3 Å². The first kappa shape index (κ1) is 60.6. The van der Waals surface area contributed by atoms with Crippen molar-refractivity contribution in [1.29, 1.82) is 0 Å². The molecule has 406 valence electrons. The summed E-state index contributed by atoms with van der Waals surface area (Å²) in [6.07, 6.45) is -3.02. The highest BCUT2D eigenvalue weighted by atomic mass is 28.4. The molecule has 0 saturated carbocycles. The largest absolute Gasteiger partial charge is 0.462 e. The summed E-state index contributed by atoms with van der Waals surface area (Å²) in [5.74, 6) is -4.28. The fourth-order valence-corrected chi connectivity index (χ4v) is 13.5. The van der Waals surface area contributed by atoms with Crippen molar-refractivity contribution in [2.45, 2.75) is 200 Å². The number of hydrogen-bond acceptors (Lipinski definition) is 18. The lowest BCUT2D eigenvalue weighted by Gasteiger charge is -2.48. The molecule has 17 atom stereocenters. The Morgan fingerprint density at radius 1 is 0.789 bits per heavy atom. The van der Waals surface area contributed by atoms with Crippen LogP contribution in [0.25, 0.3) is 0 Å². The Morgan fingerprint density at radius 3 is 2.00 bits per heavy atom. The van der Waals surface area contributed by atoms with Crippen molar-refractivity contribution in [3.05, 3.63) is 23.8 Å². The van der Waals surface area contributed by atoms with Gasteiger partial charge in [0.25, 0.3) is 0 Å². The number of rotatable bonds is 16. The number of likely N-dealkylation sites (N-methyl/N-ethyl adjacent to an activating group) is 1. The van der Waals surface area contributed by atoms with E-state index in [0.29, 0.717) is 19.3 Å². The second kappa shape index (κ2) is 28.6. The fourth-order valence-electron chi connectivity index (χ4n) is 10.6. The molecule has 2 bridgehead atoms. The average molecular weight is 1030 g/mol. The number of nitrogens with zero attached hydrogens (tertiary/aromatic N) is 1. The SMILES string of the molecule is CC[C@H]1OC(=O)C[C@H]2OCC(=O)COCC[C@@H](C[C@@H](C)C(=O)/C=C/C(C)=C/[C@@H]1COC1O[C@H](C)[C@@H](O[Si](CC)(CC)CC)[C@@H](OC)[C@H]1OC)[C@H](OC1O[C@H](C)[C@@H](OC(C)=O)[C@H](N(C)C)[C@H]1OC(C)=O)[C@H]2C. The van der Waals surface area contributed by atoms with Crippen LogP contribution in [0.3, 0.4) is 0 Å². The number of esters is 3. The highest BCUT2D eigenvalue weighted by molar-refractivity contribution is 6.73. The Hall–Kier alpha value is -2.95. The standard InChI is InChI=1S/C52H87NO17Si/c1-16-41-38(27-63-51-50(60-15)49(59-14)47(34(9)64-51)70-71(17-2,18-3)19-4)24-30(5)20-21-40(57)31(6)25-37-22-23-61-28-39(56)29-62-42(26-43(58)68-41)32(7)45(37)69-52-48(67-36(11)55)44(53(12)13)46(33(8)65-52)66-35(10)54/h20-21,24,31-34,37-38,41-42,44-52H,16-19,22-23,25-29H2,1-15H3/b21-20+,30-24+/t31-,32+,33-,34-,37+,38-,41-,42-,44+,45-,46-,47-,48-,49-,50-,51?,52?/m1/s1. The van der Waals surface area contributed by atoms with Crippen molar-refractivity contribution >= 4 is 37.8 Å². The molecule has 4 aliphatic heterocycles. The average Bonchev–Trinajstić information content (AvgIpc) is 3.34. The lowest BCUT2D eigenvalue weighted by molar-refractivity contribution is -0.308. The van der Waals surface area contributed by atoms with Gasteiger partial charge >= 0.3 is 17.9 Å². The van der Waals surface area contributed by atoms with Crippen LogP contribution in [-0.2, 0) is 80.5 Å². The minimum atomic E-state index is -2.07. The third kappa shape index (κ3) is 16.5. The molecule has 0 aliphatic carbocycles.